The second kappa shape index (κ2) is 12.0. The Balaban J connectivity index is 1.56. The number of hydrogen-bond acceptors (Lipinski definition) is 4. The van der Waals surface area contributed by atoms with Crippen LogP contribution in [0.2, 0.25) is 10.0 Å². The molecule has 6 heteroatoms. The SMILES string of the molecule is O=C(C=Cc1ccc(Cl)cc1)OCCCCOC(=O)/C=C/c1ccc(Cl)cc1. The molecule has 0 aromatic heterocycles. The van der Waals surface area contributed by atoms with E-state index in [0.717, 1.165) is 11.1 Å². The van der Waals surface area contributed by atoms with Gasteiger partial charge in [-0.15, -0.1) is 0 Å². The molecule has 0 spiro atoms. The van der Waals surface area contributed by atoms with E-state index in [1.54, 1.807) is 36.4 Å². The Kier molecular flexibility index (Phi) is 9.32. The number of carbonyl (C=O) groups is 2. The number of hydrogen-bond donors (Lipinski definition) is 0. The number of benzene rings is 2. The standard InChI is InChI=1S/C22H20Cl2O4/c23-19-9-3-17(4-10-19)7-13-21(25)27-15-1-2-16-28-22(26)14-8-18-5-11-20(24)12-6-18/h3-14H,1-2,15-16H2/b13-7+,14-8?. The monoisotopic (exact) mass is 418 g/mol. The summed E-state index contributed by atoms with van der Waals surface area (Å²) in [4.78, 5) is 23.3. The highest BCUT2D eigenvalue weighted by Gasteiger charge is 2.00. The molecule has 0 amide bonds. The summed E-state index contributed by atoms with van der Waals surface area (Å²) in [6.07, 6.45) is 7.26. The fourth-order valence-electron chi connectivity index (χ4n) is 2.12. The molecule has 0 bridgehead atoms. The maximum atomic E-state index is 11.6. The molecule has 0 atom stereocenters. The summed E-state index contributed by atoms with van der Waals surface area (Å²) in [6.45, 7) is 0.532. The minimum atomic E-state index is -0.419. The zero-order valence-electron chi connectivity index (χ0n) is 15.1. The van der Waals surface area contributed by atoms with Crippen molar-refractivity contribution in [1.82, 2.24) is 0 Å². The van der Waals surface area contributed by atoms with Crippen LogP contribution in [0.15, 0.2) is 60.7 Å². The molecule has 0 fully saturated rings. The average Bonchev–Trinajstić information content (AvgIpc) is 2.69. The van der Waals surface area contributed by atoms with E-state index in [4.69, 9.17) is 32.7 Å². The van der Waals surface area contributed by atoms with Gasteiger partial charge in [0, 0.05) is 22.2 Å². The Morgan fingerprint density at radius 3 is 1.39 bits per heavy atom. The van der Waals surface area contributed by atoms with Crippen LogP contribution < -0.4 is 0 Å². The third-order valence-corrected chi connectivity index (χ3v) is 4.10. The van der Waals surface area contributed by atoms with Crippen molar-refractivity contribution in [1.29, 1.82) is 0 Å². The van der Waals surface area contributed by atoms with Crippen LogP contribution in [-0.2, 0) is 19.1 Å². The Morgan fingerprint density at radius 1 is 0.679 bits per heavy atom. The van der Waals surface area contributed by atoms with E-state index in [9.17, 15) is 9.59 Å². The van der Waals surface area contributed by atoms with Crippen LogP contribution in [0, 0.1) is 0 Å². The number of halogens is 2. The molecule has 0 unspecified atom stereocenters. The zero-order valence-corrected chi connectivity index (χ0v) is 16.7. The smallest absolute Gasteiger partial charge is 0.330 e. The van der Waals surface area contributed by atoms with Gasteiger partial charge in [-0.3, -0.25) is 0 Å². The van der Waals surface area contributed by atoms with Crippen molar-refractivity contribution in [2.24, 2.45) is 0 Å². The van der Waals surface area contributed by atoms with Crippen molar-refractivity contribution in [3.05, 3.63) is 81.9 Å². The summed E-state index contributed by atoms with van der Waals surface area (Å²) in [5, 5.41) is 1.28. The van der Waals surface area contributed by atoms with Gasteiger partial charge in [0.25, 0.3) is 0 Å². The van der Waals surface area contributed by atoms with Gasteiger partial charge in [-0.25, -0.2) is 9.59 Å². The molecular weight excluding hydrogens is 399 g/mol. The molecule has 0 aliphatic heterocycles. The van der Waals surface area contributed by atoms with Gasteiger partial charge in [-0.2, -0.15) is 0 Å². The fourth-order valence-corrected chi connectivity index (χ4v) is 2.37. The van der Waals surface area contributed by atoms with Crippen molar-refractivity contribution < 1.29 is 19.1 Å². The molecule has 2 aromatic carbocycles. The summed E-state index contributed by atoms with van der Waals surface area (Å²) in [6, 6.07) is 14.2. The van der Waals surface area contributed by atoms with E-state index < -0.39 is 11.9 Å². The van der Waals surface area contributed by atoms with E-state index in [0.29, 0.717) is 22.9 Å². The summed E-state index contributed by atoms with van der Waals surface area (Å²) >= 11 is 11.6. The molecule has 2 rings (SSSR count). The second-order valence-electron chi connectivity index (χ2n) is 5.81. The number of carbonyl (C=O) groups excluding carboxylic acids is 2. The number of unbranched alkanes of at least 4 members (excludes halogenated alkanes) is 1. The minimum Gasteiger partial charge on any atom is -0.463 e. The second-order valence-corrected chi connectivity index (χ2v) is 6.68. The Bertz CT molecular complexity index is 753. The molecular formula is C22H20Cl2O4. The molecule has 146 valence electrons. The highest BCUT2D eigenvalue weighted by Crippen LogP contribution is 2.11. The molecule has 0 saturated heterocycles. The predicted molar refractivity (Wildman–Crippen MR) is 112 cm³/mol. The van der Waals surface area contributed by atoms with E-state index in [-0.39, 0.29) is 13.2 Å². The molecule has 0 aliphatic rings. The predicted octanol–water partition coefficient (Wildman–Crippen LogP) is 5.59. The maximum Gasteiger partial charge on any atom is 0.330 e. The molecule has 2 aromatic rings. The lowest BCUT2D eigenvalue weighted by Gasteiger charge is -2.03. The summed E-state index contributed by atoms with van der Waals surface area (Å²) in [5.41, 5.74) is 1.72. The fraction of sp³-hybridized carbons (Fsp3) is 0.182. The first-order valence-electron chi connectivity index (χ1n) is 8.74. The van der Waals surface area contributed by atoms with Crippen LogP contribution in [0.5, 0.6) is 0 Å². The lowest BCUT2D eigenvalue weighted by Crippen LogP contribution is -2.06. The van der Waals surface area contributed by atoms with Gasteiger partial charge >= 0.3 is 11.9 Å². The van der Waals surface area contributed by atoms with Crippen molar-refractivity contribution in [2.45, 2.75) is 12.8 Å². The Hall–Kier alpha value is -2.56. The normalized spacial score (nSPS) is 11.1. The van der Waals surface area contributed by atoms with Crippen LogP contribution in [-0.4, -0.2) is 25.2 Å². The van der Waals surface area contributed by atoms with Crippen LogP contribution in [0.25, 0.3) is 12.2 Å². The first-order chi connectivity index (χ1) is 13.5. The van der Waals surface area contributed by atoms with Crippen molar-refractivity contribution in [3.8, 4) is 0 Å². The molecule has 4 nitrogen and oxygen atoms in total. The minimum absolute atomic E-state index is 0.266. The van der Waals surface area contributed by atoms with Crippen molar-refractivity contribution in [2.75, 3.05) is 13.2 Å². The molecule has 0 saturated carbocycles. The average molecular weight is 419 g/mol. The van der Waals surface area contributed by atoms with Gasteiger partial charge in [0.2, 0.25) is 0 Å². The first kappa shape index (κ1) is 21.7. The lowest BCUT2D eigenvalue weighted by atomic mass is 10.2. The van der Waals surface area contributed by atoms with E-state index in [1.807, 2.05) is 24.3 Å². The number of rotatable bonds is 9. The van der Waals surface area contributed by atoms with Crippen LogP contribution >= 0.6 is 23.2 Å². The van der Waals surface area contributed by atoms with Gasteiger partial charge in [-0.1, -0.05) is 47.5 Å². The van der Waals surface area contributed by atoms with E-state index in [1.165, 1.54) is 12.2 Å². The number of ether oxygens (including phenoxy) is 2. The summed E-state index contributed by atoms with van der Waals surface area (Å²) in [5.74, 6) is -0.837. The quantitative estimate of drug-likeness (QED) is 0.302. The topological polar surface area (TPSA) is 52.6 Å². The first-order valence-corrected chi connectivity index (χ1v) is 9.49. The Morgan fingerprint density at radius 2 is 1.04 bits per heavy atom. The zero-order chi connectivity index (χ0) is 20.2. The summed E-state index contributed by atoms with van der Waals surface area (Å²) in [7, 11) is 0. The molecule has 0 heterocycles. The molecule has 0 N–H and O–H groups in total. The maximum absolute atomic E-state index is 11.6. The molecule has 28 heavy (non-hydrogen) atoms. The lowest BCUT2D eigenvalue weighted by molar-refractivity contribution is -0.140. The third kappa shape index (κ3) is 8.89. The van der Waals surface area contributed by atoms with Crippen LogP contribution in [0.1, 0.15) is 24.0 Å². The number of esters is 2. The largest absolute Gasteiger partial charge is 0.463 e. The van der Waals surface area contributed by atoms with Gasteiger partial charge in [0.1, 0.15) is 0 Å². The van der Waals surface area contributed by atoms with Gasteiger partial charge in [0.05, 0.1) is 13.2 Å². The van der Waals surface area contributed by atoms with E-state index >= 15 is 0 Å². The van der Waals surface area contributed by atoms with Crippen molar-refractivity contribution in [3.63, 3.8) is 0 Å². The van der Waals surface area contributed by atoms with E-state index in [2.05, 4.69) is 0 Å². The van der Waals surface area contributed by atoms with Crippen LogP contribution in [0.3, 0.4) is 0 Å². The van der Waals surface area contributed by atoms with Crippen LogP contribution in [0.4, 0.5) is 0 Å². The van der Waals surface area contributed by atoms with Gasteiger partial charge in [0.15, 0.2) is 0 Å². The third-order valence-electron chi connectivity index (χ3n) is 3.59. The highest BCUT2D eigenvalue weighted by atomic mass is 35.5. The van der Waals surface area contributed by atoms with Gasteiger partial charge < -0.3 is 9.47 Å². The van der Waals surface area contributed by atoms with Gasteiger partial charge in [-0.05, 0) is 60.4 Å². The molecule has 0 radical (unpaired) electrons. The van der Waals surface area contributed by atoms with Crippen molar-refractivity contribution >= 4 is 47.3 Å². The highest BCUT2D eigenvalue weighted by molar-refractivity contribution is 6.30. The molecule has 0 aliphatic carbocycles. The Labute approximate surface area is 174 Å². The summed E-state index contributed by atoms with van der Waals surface area (Å²) < 4.78 is 10.2.